The minimum Gasteiger partial charge on any atom is -0.388 e. The number of benzene rings is 1. The van der Waals surface area contributed by atoms with Crippen LogP contribution in [-0.4, -0.2) is 10.1 Å². The van der Waals surface area contributed by atoms with Crippen molar-refractivity contribution in [2.75, 3.05) is 0 Å². The normalized spacial score (nSPS) is 13.2. The second-order valence-electron chi connectivity index (χ2n) is 4.94. The summed E-state index contributed by atoms with van der Waals surface area (Å²) >= 11 is 0. The van der Waals surface area contributed by atoms with Crippen LogP contribution in [0.3, 0.4) is 0 Å². The Morgan fingerprint density at radius 1 is 1.12 bits per heavy atom. The van der Waals surface area contributed by atoms with E-state index < -0.39 is 6.10 Å². The van der Waals surface area contributed by atoms with Gasteiger partial charge in [0.2, 0.25) is 0 Å². The van der Waals surface area contributed by atoms with Gasteiger partial charge in [-0.2, -0.15) is 0 Å². The van der Waals surface area contributed by atoms with Crippen molar-refractivity contribution in [2.45, 2.75) is 32.8 Å². The monoisotopic (exact) mass is 229 g/mol. The minimum absolute atomic E-state index is 0.406. The second-order valence-corrected chi connectivity index (χ2v) is 4.94. The summed E-state index contributed by atoms with van der Waals surface area (Å²) in [6.45, 7) is 4.35. The quantitative estimate of drug-likeness (QED) is 0.867. The molecule has 0 spiro atoms. The molecule has 17 heavy (non-hydrogen) atoms. The topological polar surface area (TPSA) is 33.1 Å². The Bertz CT molecular complexity index is 488. The van der Waals surface area contributed by atoms with Crippen molar-refractivity contribution in [1.29, 1.82) is 0 Å². The van der Waals surface area contributed by atoms with Crippen LogP contribution in [0.1, 0.15) is 38.4 Å². The number of aliphatic hydroxyl groups is 1. The highest BCUT2D eigenvalue weighted by Gasteiger charge is 2.11. The number of rotatable bonds is 4. The average molecular weight is 229 g/mol. The predicted octanol–water partition coefficient (Wildman–Crippen LogP) is 3.70. The first-order valence-corrected chi connectivity index (χ1v) is 6.19. The molecule has 1 heterocycles. The van der Waals surface area contributed by atoms with Gasteiger partial charge in [0.05, 0.1) is 6.10 Å². The molecule has 2 heteroatoms. The van der Waals surface area contributed by atoms with Crippen LogP contribution >= 0.6 is 0 Å². The number of nitrogens with zero attached hydrogens (tertiary/aromatic N) is 1. The van der Waals surface area contributed by atoms with Gasteiger partial charge in [0.25, 0.3) is 0 Å². The van der Waals surface area contributed by atoms with Crippen LogP contribution in [-0.2, 0) is 0 Å². The largest absolute Gasteiger partial charge is 0.388 e. The van der Waals surface area contributed by atoms with Crippen LogP contribution in [0.25, 0.3) is 10.8 Å². The number of hydrogen-bond donors (Lipinski definition) is 1. The molecule has 2 nitrogen and oxygen atoms in total. The van der Waals surface area contributed by atoms with Crippen molar-refractivity contribution in [2.24, 2.45) is 5.92 Å². The second kappa shape index (κ2) is 5.28. The Labute approximate surface area is 102 Å². The van der Waals surface area contributed by atoms with Gasteiger partial charge < -0.3 is 5.11 Å². The third-order valence-corrected chi connectivity index (χ3v) is 3.08. The highest BCUT2D eigenvalue weighted by molar-refractivity contribution is 5.84. The molecule has 0 radical (unpaired) electrons. The highest BCUT2D eigenvalue weighted by atomic mass is 16.3. The molecular weight excluding hydrogens is 210 g/mol. The lowest BCUT2D eigenvalue weighted by Crippen LogP contribution is -2.01. The van der Waals surface area contributed by atoms with Gasteiger partial charge >= 0.3 is 0 Å². The third kappa shape index (κ3) is 2.83. The maximum Gasteiger partial charge on any atom is 0.0811 e. The van der Waals surface area contributed by atoms with Gasteiger partial charge in [-0.25, -0.2) is 0 Å². The molecule has 0 aliphatic rings. The summed E-state index contributed by atoms with van der Waals surface area (Å²) in [5.74, 6) is 0.618. The smallest absolute Gasteiger partial charge is 0.0811 e. The molecule has 2 rings (SSSR count). The fraction of sp³-hybridized carbons (Fsp3) is 0.400. The van der Waals surface area contributed by atoms with E-state index in [1.54, 1.807) is 6.20 Å². The highest BCUT2D eigenvalue weighted by Crippen LogP contribution is 2.26. The molecule has 1 N–H and O–H groups in total. The molecule has 0 saturated heterocycles. The van der Waals surface area contributed by atoms with E-state index in [-0.39, 0.29) is 0 Å². The van der Waals surface area contributed by atoms with Crippen molar-refractivity contribution in [3.05, 3.63) is 42.2 Å². The van der Waals surface area contributed by atoms with Crippen molar-refractivity contribution < 1.29 is 5.11 Å². The van der Waals surface area contributed by atoms with Crippen molar-refractivity contribution >= 4 is 10.8 Å². The Balaban J connectivity index is 2.28. The Hall–Kier alpha value is -1.41. The fourth-order valence-corrected chi connectivity index (χ4v) is 2.05. The number of fused-ring (bicyclic) bond motifs is 1. The number of pyridine rings is 1. The van der Waals surface area contributed by atoms with E-state index in [0.717, 1.165) is 29.2 Å². The first-order valence-electron chi connectivity index (χ1n) is 6.19. The summed E-state index contributed by atoms with van der Waals surface area (Å²) in [7, 11) is 0. The molecular formula is C15H19NO. The average Bonchev–Trinajstić information content (AvgIpc) is 2.35. The standard InChI is InChI=1S/C15H19NO/c1-11(2)7-8-15(17)14-10-16-9-12-5-3-4-6-13(12)14/h3-6,9-11,15,17H,7-8H2,1-2H3. The van der Waals surface area contributed by atoms with Crippen LogP contribution in [0.2, 0.25) is 0 Å². The van der Waals surface area contributed by atoms with Gasteiger partial charge in [0, 0.05) is 23.3 Å². The number of aromatic nitrogens is 1. The molecule has 2 aromatic rings. The molecule has 1 aromatic carbocycles. The van der Waals surface area contributed by atoms with Gasteiger partial charge in [-0.1, -0.05) is 38.1 Å². The number of aliphatic hydroxyl groups excluding tert-OH is 1. The Morgan fingerprint density at radius 3 is 2.65 bits per heavy atom. The molecule has 0 saturated carbocycles. The van der Waals surface area contributed by atoms with E-state index in [1.165, 1.54) is 0 Å². The van der Waals surface area contributed by atoms with Crippen LogP contribution in [0, 0.1) is 5.92 Å². The van der Waals surface area contributed by atoms with E-state index in [2.05, 4.69) is 18.8 Å². The minimum atomic E-state index is -0.406. The fourth-order valence-electron chi connectivity index (χ4n) is 2.05. The molecule has 0 amide bonds. The summed E-state index contributed by atoms with van der Waals surface area (Å²) in [5.41, 5.74) is 0.948. The summed E-state index contributed by atoms with van der Waals surface area (Å²) in [4.78, 5) is 4.20. The molecule has 1 atom stereocenters. The van der Waals surface area contributed by atoms with Crippen LogP contribution < -0.4 is 0 Å². The summed E-state index contributed by atoms with van der Waals surface area (Å²) < 4.78 is 0. The van der Waals surface area contributed by atoms with E-state index in [9.17, 15) is 5.11 Å². The Kier molecular flexibility index (Phi) is 3.75. The van der Waals surface area contributed by atoms with Crippen molar-refractivity contribution in [3.8, 4) is 0 Å². The maximum absolute atomic E-state index is 10.2. The zero-order chi connectivity index (χ0) is 12.3. The van der Waals surface area contributed by atoms with Gasteiger partial charge in [-0.05, 0) is 24.1 Å². The predicted molar refractivity (Wildman–Crippen MR) is 70.8 cm³/mol. The van der Waals surface area contributed by atoms with Crippen LogP contribution in [0.15, 0.2) is 36.7 Å². The van der Waals surface area contributed by atoms with Gasteiger partial charge in [0.15, 0.2) is 0 Å². The van der Waals surface area contributed by atoms with E-state index in [1.807, 2.05) is 30.5 Å². The van der Waals surface area contributed by atoms with E-state index in [4.69, 9.17) is 0 Å². The molecule has 0 bridgehead atoms. The maximum atomic E-state index is 10.2. The van der Waals surface area contributed by atoms with Crippen molar-refractivity contribution in [1.82, 2.24) is 4.98 Å². The molecule has 0 aliphatic heterocycles. The zero-order valence-electron chi connectivity index (χ0n) is 10.4. The zero-order valence-corrected chi connectivity index (χ0v) is 10.4. The molecule has 90 valence electrons. The first kappa shape index (κ1) is 12.1. The van der Waals surface area contributed by atoms with Crippen molar-refractivity contribution in [3.63, 3.8) is 0 Å². The SMILES string of the molecule is CC(C)CCC(O)c1cncc2ccccc12. The molecule has 1 aromatic heterocycles. The van der Waals surface area contributed by atoms with Gasteiger partial charge in [-0.3, -0.25) is 4.98 Å². The van der Waals surface area contributed by atoms with Gasteiger partial charge in [0.1, 0.15) is 0 Å². The summed E-state index contributed by atoms with van der Waals surface area (Å²) in [6, 6.07) is 8.07. The lowest BCUT2D eigenvalue weighted by Gasteiger charge is -2.14. The summed E-state index contributed by atoms with van der Waals surface area (Å²) in [6.07, 6.45) is 5.05. The lowest BCUT2D eigenvalue weighted by atomic mass is 9.97. The van der Waals surface area contributed by atoms with E-state index in [0.29, 0.717) is 5.92 Å². The Morgan fingerprint density at radius 2 is 1.88 bits per heavy atom. The van der Waals surface area contributed by atoms with Gasteiger partial charge in [-0.15, -0.1) is 0 Å². The van der Waals surface area contributed by atoms with Crippen LogP contribution in [0.5, 0.6) is 0 Å². The molecule has 0 fully saturated rings. The first-order chi connectivity index (χ1) is 8.18. The van der Waals surface area contributed by atoms with Crippen LogP contribution in [0.4, 0.5) is 0 Å². The van der Waals surface area contributed by atoms with E-state index >= 15 is 0 Å². The summed E-state index contributed by atoms with van der Waals surface area (Å²) in [5, 5.41) is 12.4. The number of hydrogen-bond acceptors (Lipinski definition) is 2. The molecule has 0 aliphatic carbocycles. The lowest BCUT2D eigenvalue weighted by molar-refractivity contribution is 0.160. The third-order valence-electron chi connectivity index (χ3n) is 3.08. The molecule has 1 unspecified atom stereocenters.